The van der Waals surface area contributed by atoms with Gasteiger partial charge in [0.2, 0.25) is 0 Å². The molecule has 1 aromatic carbocycles. The number of H-pyrrole nitrogens is 1. The first kappa shape index (κ1) is 11.8. The van der Waals surface area contributed by atoms with Crippen molar-refractivity contribution in [3.63, 3.8) is 0 Å². The molecule has 96 valence electrons. The van der Waals surface area contributed by atoms with Crippen molar-refractivity contribution in [1.82, 2.24) is 4.98 Å². The molecule has 0 amide bonds. The quantitative estimate of drug-likeness (QED) is 0.870. The molecule has 0 radical (unpaired) electrons. The van der Waals surface area contributed by atoms with E-state index in [1.165, 1.54) is 10.9 Å². The molecule has 3 heteroatoms. The molecule has 2 aromatic rings. The van der Waals surface area contributed by atoms with Crippen LogP contribution in [-0.4, -0.2) is 29.9 Å². The Hall–Kier alpha value is -1.32. The average Bonchev–Trinajstić information content (AvgIpc) is 2.78. The molecule has 1 saturated heterocycles. The fourth-order valence-electron chi connectivity index (χ4n) is 2.87. The maximum Gasteiger partial charge on any atom is 0.0542 e. The minimum atomic E-state index is 0.190. The van der Waals surface area contributed by atoms with Crippen LogP contribution in [0.15, 0.2) is 30.5 Å². The normalized spacial score (nSPS) is 19.7. The predicted molar refractivity (Wildman–Crippen MR) is 71.7 cm³/mol. The van der Waals surface area contributed by atoms with E-state index in [9.17, 15) is 5.11 Å². The molecule has 3 rings (SSSR count). The molecule has 18 heavy (non-hydrogen) atoms. The molecule has 1 aliphatic heterocycles. The third-order valence-electron chi connectivity index (χ3n) is 3.92. The second-order valence-electron chi connectivity index (χ2n) is 5.68. The van der Waals surface area contributed by atoms with E-state index < -0.39 is 0 Å². The zero-order valence-electron chi connectivity index (χ0n) is 10.6. The number of aromatic nitrogens is 1. The number of rotatable bonds is 4. The van der Waals surface area contributed by atoms with E-state index in [-0.39, 0.29) is 17.9 Å². The summed E-state index contributed by atoms with van der Waals surface area (Å²) in [6, 6.07) is 8.25. The Bertz CT molecular complexity index is 542. The van der Waals surface area contributed by atoms with Gasteiger partial charge in [-0.3, -0.25) is 0 Å². The summed E-state index contributed by atoms with van der Waals surface area (Å²) in [6.45, 7) is 4.04. The number of hydrogen-bond acceptors (Lipinski definition) is 2. The van der Waals surface area contributed by atoms with Crippen LogP contribution in [-0.2, 0) is 4.74 Å². The van der Waals surface area contributed by atoms with Gasteiger partial charge in [-0.15, -0.1) is 0 Å². The molecule has 3 nitrogen and oxygen atoms in total. The number of aliphatic hydroxyl groups excluding tert-OH is 1. The van der Waals surface area contributed by atoms with E-state index >= 15 is 0 Å². The van der Waals surface area contributed by atoms with Crippen molar-refractivity contribution in [2.45, 2.75) is 19.3 Å². The fourth-order valence-corrected chi connectivity index (χ4v) is 2.87. The van der Waals surface area contributed by atoms with E-state index in [2.05, 4.69) is 24.0 Å². The molecule has 2 heterocycles. The highest BCUT2D eigenvalue weighted by molar-refractivity contribution is 5.83. The van der Waals surface area contributed by atoms with Crippen LogP contribution in [0.2, 0.25) is 0 Å². The summed E-state index contributed by atoms with van der Waals surface area (Å²) in [4.78, 5) is 3.28. The highest BCUT2D eigenvalue weighted by atomic mass is 16.5. The van der Waals surface area contributed by atoms with Gasteiger partial charge in [-0.25, -0.2) is 0 Å². The van der Waals surface area contributed by atoms with Crippen molar-refractivity contribution in [2.24, 2.45) is 5.41 Å². The molecule has 2 N–H and O–H groups in total. The van der Waals surface area contributed by atoms with Crippen LogP contribution in [0.3, 0.4) is 0 Å². The Morgan fingerprint density at radius 1 is 1.39 bits per heavy atom. The van der Waals surface area contributed by atoms with Gasteiger partial charge < -0.3 is 14.8 Å². The first-order valence-electron chi connectivity index (χ1n) is 6.46. The van der Waals surface area contributed by atoms with Crippen LogP contribution in [0.25, 0.3) is 10.9 Å². The van der Waals surface area contributed by atoms with Gasteiger partial charge in [0.25, 0.3) is 0 Å². The van der Waals surface area contributed by atoms with Gasteiger partial charge in [-0.2, -0.15) is 0 Å². The van der Waals surface area contributed by atoms with Gasteiger partial charge >= 0.3 is 0 Å². The standard InChI is InChI=1S/C15H19NO2/c1-15(9-18-10-15)6-11(8-17)13-7-16-14-5-3-2-4-12(13)14/h2-5,7,11,16-17H,6,8-10H2,1H3. The summed E-state index contributed by atoms with van der Waals surface area (Å²) in [7, 11) is 0. The first-order valence-corrected chi connectivity index (χ1v) is 6.46. The van der Waals surface area contributed by atoms with Gasteiger partial charge in [0, 0.05) is 28.4 Å². The molecule has 0 bridgehead atoms. The molecule has 1 fully saturated rings. The van der Waals surface area contributed by atoms with E-state index in [0.29, 0.717) is 0 Å². The van der Waals surface area contributed by atoms with E-state index in [4.69, 9.17) is 4.74 Å². The third-order valence-corrected chi connectivity index (χ3v) is 3.92. The highest BCUT2D eigenvalue weighted by Gasteiger charge is 2.36. The lowest BCUT2D eigenvalue weighted by molar-refractivity contribution is -0.110. The highest BCUT2D eigenvalue weighted by Crippen LogP contribution is 2.39. The smallest absolute Gasteiger partial charge is 0.0542 e. The number of aliphatic hydroxyl groups is 1. The van der Waals surface area contributed by atoms with E-state index in [1.54, 1.807) is 0 Å². The maximum atomic E-state index is 9.69. The number of aromatic amines is 1. The Morgan fingerprint density at radius 2 is 2.17 bits per heavy atom. The van der Waals surface area contributed by atoms with Crippen molar-refractivity contribution in [2.75, 3.05) is 19.8 Å². The molecular formula is C15H19NO2. The van der Waals surface area contributed by atoms with E-state index in [1.807, 2.05) is 18.3 Å². The lowest BCUT2D eigenvalue weighted by Gasteiger charge is -2.40. The first-order chi connectivity index (χ1) is 8.72. The van der Waals surface area contributed by atoms with Crippen LogP contribution in [0.1, 0.15) is 24.8 Å². The van der Waals surface area contributed by atoms with Crippen molar-refractivity contribution in [3.8, 4) is 0 Å². The maximum absolute atomic E-state index is 9.69. The summed E-state index contributed by atoms with van der Waals surface area (Å²) in [5, 5.41) is 10.9. The summed E-state index contributed by atoms with van der Waals surface area (Å²) in [6.07, 6.45) is 3.01. The average molecular weight is 245 g/mol. The van der Waals surface area contributed by atoms with Crippen LogP contribution < -0.4 is 0 Å². The summed E-state index contributed by atoms with van der Waals surface area (Å²) < 4.78 is 5.30. The zero-order valence-corrected chi connectivity index (χ0v) is 10.6. The number of fused-ring (bicyclic) bond motifs is 1. The molecule has 1 unspecified atom stereocenters. The van der Waals surface area contributed by atoms with Gasteiger partial charge in [0.05, 0.1) is 19.8 Å². The Kier molecular flexibility index (Phi) is 2.88. The molecular weight excluding hydrogens is 226 g/mol. The molecule has 1 atom stereocenters. The predicted octanol–water partition coefficient (Wildman–Crippen LogP) is 2.67. The lowest BCUT2D eigenvalue weighted by Crippen LogP contribution is -2.41. The van der Waals surface area contributed by atoms with Crippen LogP contribution >= 0.6 is 0 Å². The van der Waals surface area contributed by atoms with E-state index in [0.717, 1.165) is 25.2 Å². The molecule has 0 saturated carbocycles. The van der Waals surface area contributed by atoms with Crippen molar-refractivity contribution < 1.29 is 9.84 Å². The monoisotopic (exact) mass is 245 g/mol. The number of nitrogens with one attached hydrogen (secondary N) is 1. The molecule has 1 aliphatic rings. The van der Waals surface area contributed by atoms with Crippen molar-refractivity contribution >= 4 is 10.9 Å². The number of hydrogen-bond donors (Lipinski definition) is 2. The van der Waals surface area contributed by atoms with Gasteiger partial charge in [0.1, 0.15) is 0 Å². The van der Waals surface area contributed by atoms with Crippen molar-refractivity contribution in [1.29, 1.82) is 0 Å². The lowest BCUT2D eigenvalue weighted by atomic mass is 9.77. The second-order valence-corrected chi connectivity index (χ2v) is 5.68. The second kappa shape index (κ2) is 4.41. The molecule has 0 spiro atoms. The van der Waals surface area contributed by atoms with Gasteiger partial charge in [-0.05, 0) is 18.1 Å². The van der Waals surface area contributed by atoms with Crippen molar-refractivity contribution in [3.05, 3.63) is 36.0 Å². The summed E-state index contributed by atoms with van der Waals surface area (Å²) >= 11 is 0. The van der Waals surface area contributed by atoms with Gasteiger partial charge in [0.15, 0.2) is 0 Å². The van der Waals surface area contributed by atoms with Crippen LogP contribution in [0.4, 0.5) is 0 Å². The van der Waals surface area contributed by atoms with Crippen LogP contribution in [0.5, 0.6) is 0 Å². The SMILES string of the molecule is CC1(CC(CO)c2c[nH]c3ccccc23)COC1. The Balaban J connectivity index is 1.91. The molecule has 0 aliphatic carbocycles. The zero-order chi connectivity index (χ0) is 12.6. The minimum absolute atomic E-state index is 0.190. The minimum Gasteiger partial charge on any atom is -0.396 e. The largest absolute Gasteiger partial charge is 0.396 e. The fraction of sp³-hybridized carbons (Fsp3) is 0.467. The summed E-state index contributed by atoms with van der Waals surface area (Å²) in [5.41, 5.74) is 2.59. The summed E-state index contributed by atoms with van der Waals surface area (Å²) in [5.74, 6) is 0.190. The number of benzene rings is 1. The Labute approximate surface area is 107 Å². The number of para-hydroxylation sites is 1. The molecule has 1 aromatic heterocycles. The number of ether oxygens (including phenoxy) is 1. The Morgan fingerprint density at radius 3 is 2.83 bits per heavy atom. The van der Waals surface area contributed by atoms with Crippen LogP contribution in [0, 0.1) is 5.41 Å². The topological polar surface area (TPSA) is 45.2 Å². The van der Waals surface area contributed by atoms with Gasteiger partial charge in [-0.1, -0.05) is 25.1 Å². The third kappa shape index (κ3) is 1.93.